The Morgan fingerprint density at radius 3 is 2.76 bits per heavy atom. The molecule has 1 aromatic rings. The van der Waals surface area contributed by atoms with E-state index in [4.69, 9.17) is 0 Å². The van der Waals surface area contributed by atoms with Crippen molar-refractivity contribution < 1.29 is 9.59 Å². The van der Waals surface area contributed by atoms with Gasteiger partial charge >= 0.3 is 0 Å². The first-order valence-corrected chi connectivity index (χ1v) is 10.2. The molecule has 1 aromatic heterocycles. The van der Waals surface area contributed by atoms with E-state index in [1.807, 2.05) is 31.5 Å². The van der Waals surface area contributed by atoms with Crippen LogP contribution in [-0.4, -0.2) is 58.6 Å². The van der Waals surface area contributed by atoms with Crippen LogP contribution < -0.4 is 0 Å². The topological polar surface area (TPSA) is 40.6 Å². The molecule has 0 radical (unpaired) electrons. The van der Waals surface area contributed by atoms with Crippen molar-refractivity contribution in [1.29, 1.82) is 0 Å². The van der Waals surface area contributed by atoms with Crippen LogP contribution in [0.4, 0.5) is 0 Å². The standard InChI is InChI=1S/C14H20N2O2S3/c1-4-15(5-2)13(17)10-8-20-9-16(10)14(18)12-11(19-3)6-7-21-12/h6-7,10H,4-5,8-9H2,1-3H3/t10-/m0/s1. The zero-order valence-corrected chi connectivity index (χ0v) is 14.9. The Morgan fingerprint density at radius 2 is 2.14 bits per heavy atom. The Hall–Kier alpha value is -0.660. The van der Waals surface area contributed by atoms with Crippen molar-refractivity contribution in [3.63, 3.8) is 0 Å². The lowest BCUT2D eigenvalue weighted by atomic mass is 10.2. The summed E-state index contributed by atoms with van der Waals surface area (Å²) in [5, 5.41) is 1.93. The Bertz CT molecular complexity index is 514. The molecule has 2 rings (SSSR count). The maximum Gasteiger partial charge on any atom is 0.266 e. The molecule has 1 fully saturated rings. The molecule has 0 unspecified atom stereocenters. The number of rotatable bonds is 5. The molecule has 7 heteroatoms. The van der Waals surface area contributed by atoms with Crippen molar-refractivity contribution >= 4 is 46.7 Å². The summed E-state index contributed by atoms with van der Waals surface area (Å²) in [5.41, 5.74) is 0. The van der Waals surface area contributed by atoms with E-state index >= 15 is 0 Å². The van der Waals surface area contributed by atoms with Gasteiger partial charge in [0.05, 0.1) is 5.88 Å². The number of carbonyl (C=O) groups excluding carboxylic acids is 2. The fourth-order valence-corrected chi connectivity index (χ4v) is 5.18. The molecule has 2 heterocycles. The van der Waals surface area contributed by atoms with E-state index in [9.17, 15) is 9.59 Å². The normalized spacial score (nSPS) is 18.0. The molecule has 21 heavy (non-hydrogen) atoms. The van der Waals surface area contributed by atoms with Gasteiger partial charge in [-0.3, -0.25) is 9.59 Å². The van der Waals surface area contributed by atoms with E-state index in [0.717, 1.165) is 9.77 Å². The maximum atomic E-state index is 12.7. The number of likely N-dealkylation sites (N-methyl/N-ethyl adjacent to an activating group) is 1. The van der Waals surface area contributed by atoms with Crippen LogP contribution in [0.3, 0.4) is 0 Å². The second-order valence-corrected chi connectivity index (χ2v) is 7.38. The average Bonchev–Trinajstić information content (AvgIpc) is 3.16. The lowest BCUT2D eigenvalue weighted by molar-refractivity contribution is -0.134. The van der Waals surface area contributed by atoms with Gasteiger partial charge < -0.3 is 9.80 Å². The summed E-state index contributed by atoms with van der Waals surface area (Å²) < 4.78 is 0. The van der Waals surface area contributed by atoms with Gasteiger partial charge in [0.15, 0.2) is 0 Å². The van der Waals surface area contributed by atoms with E-state index in [2.05, 4.69) is 0 Å². The highest BCUT2D eigenvalue weighted by Gasteiger charge is 2.37. The van der Waals surface area contributed by atoms with Gasteiger partial charge in [0.25, 0.3) is 5.91 Å². The van der Waals surface area contributed by atoms with Crippen molar-refractivity contribution in [2.45, 2.75) is 24.8 Å². The highest BCUT2D eigenvalue weighted by Crippen LogP contribution is 2.31. The Labute approximate surface area is 138 Å². The number of carbonyl (C=O) groups is 2. The Morgan fingerprint density at radius 1 is 1.43 bits per heavy atom. The lowest BCUT2D eigenvalue weighted by Gasteiger charge is -2.28. The molecule has 0 N–H and O–H groups in total. The Balaban J connectivity index is 2.18. The molecular weight excluding hydrogens is 324 g/mol. The van der Waals surface area contributed by atoms with E-state index < -0.39 is 0 Å². The minimum absolute atomic E-state index is 0.00939. The number of hydrogen-bond acceptors (Lipinski definition) is 5. The van der Waals surface area contributed by atoms with Crippen LogP contribution in [0.15, 0.2) is 16.3 Å². The van der Waals surface area contributed by atoms with E-state index in [0.29, 0.717) is 24.7 Å². The summed E-state index contributed by atoms with van der Waals surface area (Å²) in [7, 11) is 0. The minimum atomic E-state index is -0.320. The third kappa shape index (κ3) is 3.40. The summed E-state index contributed by atoms with van der Waals surface area (Å²) in [4.78, 5) is 30.6. The van der Waals surface area contributed by atoms with Gasteiger partial charge in [-0.25, -0.2) is 0 Å². The second-order valence-electron chi connectivity index (χ2n) is 4.62. The van der Waals surface area contributed by atoms with Crippen LogP contribution in [-0.2, 0) is 4.79 Å². The molecule has 0 spiro atoms. The fraction of sp³-hybridized carbons (Fsp3) is 0.571. The van der Waals surface area contributed by atoms with Gasteiger partial charge in [-0.2, -0.15) is 0 Å². The van der Waals surface area contributed by atoms with Crippen molar-refractivity contribution in [2.75, 3.05) is 31.0 Å². The largest absolute Gasteiger partial charge is 0.341 e. The van der Waals surface area contributed by atoms with Gasteiger partial charge in [0.2, 0.25) is 5.91 Å². The maximum absolute atomic E-state index is 12.7. The van der Waals surface area contributed by atoms with Crippen LogP contribution in [0.2, 0.25) is 0 Å². The fourth-order valence-electron chi connectivity index (χ4n) is 2.34. The SMILES string of the molecule is CCN(CC)C(=O)[C@@H]1CSCN1C(=O)c1sccc1SC. The smallest absolute Gasteiger partial charge is 0.266 e. The predicted octanol–water partition coefficient (Wildman–Crippen LogP) is 2.85. The molecule has 0 bridgehead atoms. The van der Waals surface area contributed by atoms with Gasteiger partial charge in [-0.15, -0.1) is 34.9 Å². The van der Waals surface area contributed by atoms with Crippen LogP contribution >= 0.6 is 34.9 Å². The van der Waals surface area contributed by atoms with Gasteiger partial charge in [0.1, 0.15) is 10.9 Å². The van der Waals surface area contributed by atoms with Crippen molar-refractivity contribution in [3.05, 3.63) is 16.3 Å². The number of nitrogens with zero attached hydrogens (tertiary/aromatic N) is 2. The third-order valence-corrected chi connectivity index (χ3v) is 6.37. The first-order valence-electron chi connectivity index (χ1n) is 6.93. The molecular formula is C14H20N2O2S3. The van der Waals surface area contributed by atoms with Crippen LogP contribution in [0.25, 0.3) is 0 Å². The molecule has 0 saturated carbocycles. The van der Waals surface area contributed by atoms with Gasteiger partial charge in [0, 0.05) is 23.7 Å². The van der Waals surface area contributed by atoms with E-state index in [1.54, 1.807) is 33.3 Å². The number of amides is 2. The molecule has 0 aliphatic carbocycles. The zero-order valence-electron chi connectivity index (χ0n) is 12.5. The number of hydrogen-bond donors (Lipinski definition) is 0. The van der Waals surface area contributed by atoms with Crippen LogP contribution in [0.5, 0.6) is 0 Å². The number of thiophene rings is 1. The van der Waals surface area contributed by atoms with Gasteiger partial charge in [-0.05, 0) is 31.5 Å². The van der Waals surface area contributed by atoms with Crippen LogP contribution in [0, 0.1) is 0 Å². The first-order chi connectivity index (χ1) is 10.1. The van der Waals surface area contributed by atoms with Crippen molar-refractivity contribution in [3.8, 4) is 0 Å². The minimum Gasteiger partial charge on any atom is -0.341 e. The summed E-state index contributed by atoms with van der Waals surface area (Å²) in [5.74, 6) is 1.36. The molecule has 1 aliphatic heterocycles. The summed E-state index contributed by atoms with van der Waals surface area (Å²) in [6.45, 7) is 5.32. The summed E-state index contributed by atoms with van der Waals surface area (Å²) in [6.07, 6.45) is 1.97. The first kappa shape index (κ1) is 16.7. The molecule has 0 aromatic carbocycles. The number of thioether (sulfide) groups is 2. The molecule has 1 saturated heterocycles. The molecule has 1 aliphatic rings. The monoisotopic (exact) mass is 344 g/mol. The third-order valence-electron chi connectivity index (χ3n) is 3.55. The average molecular weight is 345 g/mol. The summed E-state index contributed by atoms with van der Waals surface area (Å²) >= 11 is 4.68. The molecule has 1 atom stereocenters. The second kappa shape index (κ2) is 7.56. The molecule has 2 amide bonds. The predicted molar refractivity (Wildman–Crippen MR) is 91.3 cm³/mol. The van der Waals surface area contributed by atoms with Crippen LogP contribution in [0.1, 0.15) is 23.5 Å². The highest BCUT2D eigenvalue weighted by molar-refractivity contribution is 7.99. The Kier molecular flexibility index (Phi) is 6.01. The zero-order chi connectivity index (χ0) is 15.4. The van der Waals surface area contributed by atoms with E-state index in [1.165, 1.54) is 11.3 Å². The molecule has 116 valence electrons. The molecule has 4 nitrogen and oxygen atoms in total. The van der Waals surface area contributed by atoms with Crippen molar-refractivity contribution in [2.24, 2.45) is 0 Å². The van der Waals surface area contributed by atoms with Crippen molar-refractivity contribution in [1.82, 2.24) is 9.80 Å². The highest BCUT2D eigenvalue weighted by atomic mass is 32.2. The van der Waals surface area contributed by atoms with E-state index in [-0.39, 0.29) is 17.9 Å². The quantitative estimate of drug-likeness (QED) is 0.770. The summed E-state index contributed by atoms with van der Waals surface area (Å²) in [6, 6.07) is 1.65. The lowest BCUT2D eigenvalue weighted by Crippen LogP contribution is -2.48. The van der Waals surface area contributed by atoms with Gasteiger partial charge in [-0.1, -0.05) is 0 Å².